The van der Waals surface area contributed by atoms with Gasteiger partial charge in [0.25, 0.3) is 0 Å². The molecule has 2 amide bonds. The molecule has 1 heterocycles. The van der Waals surface area contributed by atoms with Gasteiger partial charge in [0.1, 0.15) is 11.6 Å². The number of nitrogens with zero attached hydrogens (tertiary/aromatic N) is 3. The van der Waals surface area contributed by atoms with Gasteiger partial charge in [0.05, 0.1) is 19.3 Å². The molecular weight excluding hydrogens is 438 g/mol. The first kappa shape index (κ1) is 22.6. The number of methoxy groups -OCH3 is 1. The maximum Gasteiger partial charge on any atom is 0.234 e. The van der Waals surface area contributed by atoms with E-state index in [0.29, 0.717) is 33.1 Å². The summed E-state index contributed by atoms with van der Waals surface area (Å²) in [6.07, 6.45) is 0.0508. The average Bonchev–Trinajstić information content (AvgIpc) is 3.08. The highest BCUT2D eigenvalue weighted by atomic mass is 35.5. The SMILES string of the molecule is COc1cccc(NC(=O)Cc2nnc(SCC(=O)Nc3cc(Cl)ccc3C)n2C)c1. The van der Waals surface area contributed by atoms with Gasteiger partial charge < -0.3 is 19.9 Å². The van der Waals surface area contributed by atoms with Crippen LogP contribution in [0.5, 0.6) is 5.75 Å². The number of carbonyl (C=O) groups excluding carboxylic acids is 2. The van der Waals surface area contributed by atoms with E-state index in [9.17, 15) is 9.59 Å². The van der Waals surface area contributed by atoms with Crippen molar-refractivity contribution < 1.29 is 14.3 Å². The fourth-order valence-corrected chi connectivity index (χ4v) is 3.62. The fourth-order valence-electron chi connectivity index (χ4n) is 2.72. The van der Waals surface area contributed by atoms with E-state index in [1.165, 1.54) is 11.8 Å². The van der Waals surface area contributed by atoms with Gasteiger partial charge in [-0.3, -0.25) is 9.59 Å². The van der Waals surface area contributed by atoms with Crippen LogP contribution in [0.4, 0.5) is 11.4 Å². The third-order valence-electron chi connectivity index (χ3n) is 4.40. The minimum Gasteiger partial charge on any atom is -0.497 e. The number of amides is 2. The summed E-state index contributed by atoms with van der Waals surface area (Å²) >= 11 is 7.22. The Hall–Kier alpha value is -3.04. The smallest absolute Gasteiger partial charge is 0.234 e. The molecule has 0 aliphatic heterocycles. The van der Waals surface area contributed by atoms with Gasteiger partial charge in [0.15, 0.2) is 5.16 Å². The second-order valence-electron chi connectivity index (χ2n) is 6.71. The van der Waals surface area contributed by atoms with Gasteiger partial charge >= 0.3 is 0 Å². The predicted octanol–water partition coefficient (Wildman–Crippen LogP) is 3.70. The Bertz CT molecular complexity index is 1100. The molecule has 3 rings (SSSR count). The number of benzene rings is 2. The van der Waals surface area contributed by atoms with E-state index >= 15 is 0 Å². The highest BCUT2D eigenvalue weighted by Crippen LogP contribution is 2.22. The van der Waals surface area contributed by atoms with E-state index in [4.69, 9.17) is 16.3 Å². The van der Waals surface area contributed by atoms with E-state index in [2.05, 4.69) is 20.8 Å². The molecule has 3 aromatic rings. The lowest BCUT2D eigenvalue weighted by molar-refractivity contribution is -0.116. The van der Waals surface area contributed by atoms with Crippen LogP contribution in [0.25, 0.3) is 0 Å². The number of anilines is 2. The molecular formula is C21H22ClN5O3S. The zero-order chi connectivity index (χ0) is 22.4. The number of carbonyl (C=O) groups is 2. The molecule has 0 aliphatic carbocycles. The highest BCUT2D eigenvalue weighted by molar-refractivity contribution is 7.99. The third-order valence-corrected chi connectivity index (χ3v) is 5.66. The lowest BCUT2D eigenvalue weighted by Crippen LogP contribution is -2.17. The molecule has 0 spiro atoms. The van der Waals surface area contributed by atoms with Gasteiger partial charge in [-0.1, -0.05) is 35.5 Å². The van der Waals surface area contributed by atoms with E-state index < -0.39 is 0 Å². The van der Waals surface area contributed by atoms with E-state index in [-0.39, 0.29) is 24.0 Å². The molecule has 0 atom stereocenters. The van der Waals surface area contributed by atoms with Gasteiger partial charge in [0, 0.05) is 29.5 Å². The highest BCUT2D eigenvalue weighted by Gasteiger charge is 2.15. The number of hydrogen-bond acceptors (Lipinski definition) is 6. The maximum atomic E-state index is 12.4. The van der Waals surface area contributed by atoms with Crippen molar-refractivity contribution in [3.63, 3.8) is 0 Å². The van der Waals surface area contributed by atoms with Gasteiger partial charge in [-0.25, -0.2) is 0 Å². The van der Waals surface area contributed by atoms with Gasteiger partial charge in [0.2, 0.25) is 11.8 Å². The van der Waals surface area contributed by atoms with Crippen molar-refractivity contribution in [3.8, 4) is 5.75 Å². The molecule has 0 aliphatic rings. The summed E-state index contributed by atoms with van der Waals surface area (Å²) < 4.78 is 6.86. The fraction of sp³-hybridized carbons (Fsp3) is 0.238. The van der Waals surface area contributed by atoms with Crippen molar-refractivity contribution in [3.05, 3.63) is 58.9 Å². The topological polar surface area (TPSA) is 98.1 Å². The molecule has 0 radical (unpaired) electrons. The number of nitrogens with one attached hydrogen (secondary N) is 2. The van der Waals surface area contributed by atoms with Crippen LogP contribution < -0.4 is 15.4 Å². The monoisotopic (exact) mass is 459 g/mol. The Balaban J connectivity index is 1.55. The third kappa shape index (κ3) is 6.22. The van der Waals surface area contributed by atoms with Crippen LogP contribution in [0.15, 0.2) is 47.6 Å². The Morgan fingerprint density at radius 1 is 1.13 bits per heavy atom. The number of aromatic nitrogens is 3. The predicted molar refractivity (Wildman–Crippen MR) is 122 cm³/mol. The minimum absolute atomic E-state index is 0.0508. The molecule has 0 saturated carbocycles. The standard InChI is InChI=1S/C21H22ClN5O3S/c1-13-7-8-14(22)9-17(13)24-20(29)12-31-21-26-25-18(27(21)2)11-19(28)23-15-5-4-6-16(10-15)30-3/h4-10H,11-12H2,1-3H3,(H,23,28)(H,24,29). The summed E-state index contributed by atoms with van der Waals surface area (Å²) in [5, 5.41) is 14.9. The molecule has 0 saturated heterocycles. The van der Waals surface area contributed by atoms with Crippen molar-refractivity contribution >= 4 is 46.6 Å². The van der Waals surface area contributed by atoms with Crippen LogP contribution in [0.2, 0.25) is 5.02 Å². The Kier molecular flexibility index (Phi) is 7.54. The van der Waals surface area contributed by atoms with Crippen LogP contribution in [0.1, 0.15) is 11.4 Å². The lowest BCUT2D eigenvalue weighted by Gasteiger charge is -2.09. The first-order chi connectivity index (χ1) is 14.9. The number of ether oxygens (including phenoxy) is 1. The van der Waals surface area contributed by atoms with E-state index in [0.717, 1.165) is 5.56 Å². The molecule has 162 valence electrons. The largest absolute Gasteiger partial charge is 0.497 e. The summed E-state index contributed by atoms with van der Waals surface area (Å²) in [6.45, 7) is 1.89. The van der Waals surface area contributed by atoms with Crippen LogP contribution >= 0.6 is 23.4 Å². The summed E-state index contributed by atoms with van der Waals surface area (Å²) in [5.74, 6) is 0.883. The van der Waals surface area contributed by atoms with Crippen LogP contribution in [0.3, 0.4) is 0 Å². The molecule has 0 bridgehead atoms. The Morgan fingerprint density at radius 2 is 1.94 bits per heavy atom. The molecule has 0 unspecified atom stereocenters. The summed E-state index contributed by atoms with van der Waals surface area (Å²) in [6, 6.07) is 12.4. The quantitative estimate of drug-likeness (QED) is 0.498. The molecule has 2 aromatic carbocycles. The average molecular weight is 460 g/mol. The van der Waals surface area contributed by atoms with Crippen molar-refractivity contribution in [1.29, 1.82) is 0 Å². The number of rotatable bonds is 8. The van der Waals surface area contributed by atoms with E-state index in [1.54, 1.807) is 55.1 Å². The zero-order valence-electron chi connectivity index (χ0n) is 17.3. The van der Waals surface area contributed by atoms with E-state index in [1.807, 2.05) is 13.0 Å². The summed E-state index contributed by atoms with van der Waals surface area (Å²) in [5.41, 5.74) is 2.23. The van der Waals surface area contributed by atoms with Gasteiger partial charge in [-0.2, -0.15) is 0 Å². The minimum atomic E-state index is -0.227. The second kappa shape index (κ2) is 10.3. The van der Waals surface area contributed by atoms with Crippen molar-refractivity contribution in [2.24, 2.45) is 7.05 Å². The first-order valence-corrected chi connectivity index (χ1v) is 10.7. The maximum absolute atomic E-state index is 12.4. The second-order valence-corrected chi connectivity index (χ2v) is 8.09. The number of hydrogen-bond donors (Lipinski definition) is 2. The molecule has 2 N–H and O–H groups in total. The molecule has 8 nitrogen and oxygen atoms in total. The number of thioether (sulfide) groups is 1. The Labute approximate surface area is 189 Å². The van der Waals surface area contributed by atoms with Crippen molar-refractivity contribution in [1.82, 2.24) is 14.8 Å². The molecule has 31 heavy (non-hydrogen) atoms. The normalized spacial score (nSPS) is 10.6. The summed E-state index contributed by atoms with van der Waals surface area (Å²) in [7, 11) is 3.33. The number of halogens is 1. The molecule has 10 heteroatoms. The molecule has 1 aromatic heterocycles. The summed E-state index contributed by atoms with van der Waals surface area (Å²) in [4.78, 5) is 24.7. The first-order valence-electron chi connectivity index (χ1n) is 9.36. The number of aryl methyl sites for hydroxylation is 1. The Morgan fingerprint density at radius 3 is 2.71 bits per heavy atom. The van der Waals surface area contributed by atoms with Crippen LogP contribution in [-0.4, -0.2) is 39.4 Å². The van der Waals surface area contributed by atoms with Gasteiger partial charge in [-0.15, -0.1) is 10.2 Å². The van der Waals surface area contributed by atoms with Crippen molar-refractivity contribution in [2.45, 2.75) is 18.5 Å². The molecule has 0 fully saturated rings. The lowest BCUT2D eigenvalue weighted by atomic mass is 10.2. The van der Waals surface area contributed by atoms with Crippen LogP contribution in [0, 0.1) is 6.92 Å². The van der Waals surface area contributed by atoms with Crippen LogP contribution in [-0.2, 0) is 23.1 Å². The van der Waals surface area contributed by atoms with Gasteiger partial charge in [-0.05, 0) is 36.8 Å². The van der Waals surface area contributed by atoms with Crippen molar-refractivity contribution in [2.75, 3.05) is 23.5 Å². The zero-order valence-corrected chi connectivity index (χ0v) is 18.9.